The average molecular weight is 310 g/mol. The van der Waals surface area contributed by atoms with Crippen molar-refractivity contribution < 1.29 is 9.52 Å². The molecule has 0 fully saturated rings. The highest BCUT2D eigenvalue weighted by Gasteiger charge is 2.19. The van der Waals surface area contributed by atoms with Gasteiger partial charge in [0.25, 0.3) is 0 Å². The van der Waals surface area contributed by atoms with Crippen LogP contribution in [0, 0.1) is 6.92 Å². The van der Waals surface area contributed by atoms with Crippen LogP contribution in [0.4, 0.5) is 0 Å². The van der Waals surface area contributed by atoms with E-state index in [1.54, 1.807) is 12.1 Å². The quantitative estimate of drug-likeness (QED) is 0.523. The molecule has 0 spiro atoms. The molecule has 1 atom stereocenters. The van der Waals surface area contributed by atoms with Crippen LogP contribution >= 0.6 is 11.6 Å². The van der Waals surface area contributed by atoms with Crippen molar-refractivity contribution in [1.82, 2.24) is 4.90 Å². The monoisotopic (exact) mass is 309 g/mol. The van der Waals surface area contributed by atoms with Crippen LogP contribution in [0.15, 0.2) is 27.4 Å². The van der Waals surface area contributed by atoms with E-state index in [1.807, 2.05) is 20.8 Å². The van der Waals surface area contributed by atoms with E-state index in [9.17, 15) is 9.90 Å². The SMILES string of the molecule is CCN(CC)C(Cl)Cc1c(O)ccc2c(C)cc(=O)oc12. The molecule has 2 rings (SSSR count). The summed E-state index contributed by atoms with van der Waals surface area (Å²) in [6, 6.07) is 4.83. The molecule has 1 heterocycles. The molecule has 0 saturated carbocycles. The Balaban J connectivity index is 2.52. The number of aromatic hydroxyl groups is 1. The molecule has 0 amide bonds. The van der Waals surface area contributed by atoms with Gasteiger partial charge in [0.15, 0.2) is 0 Å². The van der Waals surface area contributed by atoms with E-state index in [2.05, 4.69) is 4.90 Å². The fraction of sp³-hybridized carbons (Fsp3) is 0.438. The van der Waals surface area contributed by atoms with E-state index in [1.165, 1.54) is 6.07 Å². The van der Waals surface area contributed by atoms with Crippen LogP contribution in [0.2, 0.25) is 0 Å². The number of rotatable bonds is 5. The predicted octanol–water partition coefficient (Wildman–Crippen LogP) is 3.26. The lowest BCUT2D eigenvalue weighted by Crippen LogP contribution is -2.32. The minimum Gasteiger partial charge on any atom is -0.508 e. The van der Waals surface area contributed by atoms with Gasteiger partial charge >= 0.3 is 5.63 Å². The van der Waals surface area contributed by atoms with Crippen molar-refractivity contribution in [3.63, 3.8) is 0 Å². The zero-order chi connectivity index (χ0) is 15.6. The van der Waals surface area contributed by atoms with Gasteiger partial charge in [0, 0.05) is 23.4 Å². The number of phenolic OH excluding ortho intramolecular Hbond substituents is 1. The highest BCUT2D eigenvalue weighted by molar-refractivity contribution is 6.20. The van der Waals surface area contributed by atoms with Crippen molar-refractivity contribution >= 4 is 22.6 Å². The second-order valence-electron chi connectivity index (χ2n) is 5.05. The van der Waals surface area contributed by atoms with E-state index in [4.69, 9.17) is 16.0 Å². The van der Waals surface area contributed by atoms with Crippen molar-refractivity contribution in [2.24, 2.45) is 0 Å². The first kappa shape index (κ1) is 15.9. The lowest BCUT2D eigenvalue weighted by Gasteiger charge is -2.24. The third-order valence-electron chi connectivity index (χ3n) is 3.78. The second-order valence-corrected chi connectivity index (χ2v) is 5.55. The van der Waals surface area contributed by atoms with Crippen LogP contribution in [0.5, 0.6) is 5.75 Å². The molecule has 1 aromatic carbocycles. The molecule has 0 radical (unpaired) electrons. The molecule has 1 N–H and O–H groups in total. The van der Waals surface area contributed by atoms with Crippen molar-refractivity contribution in [1.29, 1.82) is 0 Å². The van der Waals surface area contributed by atoms with Crippen LogP contribution in [0.3, 0.4) is 0 Å². The highest BCUT2D eigenvalue weighted by Crippen LogP contribution is 2.30. The first-order chi connectivity index (χ1) is 9.97. The minimum absolute atomic E-state index is 0.106. The Morgan fingerprint density at radius 2 is 2.00 bits per heavy atom. The van der Waals surface area contributed by atoms with Crippen molar-refractivity contribution in [3.05, 3.63) is 39.7 Å². The molecular weight excluding hydrogens is 290 g/mol. The summed E-state index contributed by atoms with van der Waals surface area (Å²) in [5.74, 6) is 0.106. The summed E-state index contributed by atoms with van der Waals surface area (Å²) in [5, 5.41) is 11.0. The zero-order valence-corrected chi connectivity index (χ0v) is 13.3. The Bertz CT molecular complexity index is 692. The fourth-order valence-corrected chi connectivity index (χ4v) is 2.97. The van der Waals surface area contributed by atoms with Crippen molar-refractivity contribution in [2.45, 2.75) is 32.7 Å². The van der Waals surface area contributed by atoms with E-state index in [0.717, 1.165) is 24.0 Å². The molecule has 0 aliphatic heterocycles. The van der Waals surface area contributed by atoms with Crippen LogP contribution < -0.4 is 5.63 Å². The molecule has 0 bridgehead atoms. The van der Waals surface area contributed by atoms with E-state index in [-0.39, 0.29) is 11.3 Å². The van der Waals surface area contributed by atoms with Gasteiger partial charge in [-0.1, -0.05) is 13.8 Å². The van der Waals surface area contributed by atoms with Gasteiger partial charge in [-0.3, -0.25) is 4.90 Å². The van der Waals surface area contributed by atoms with Gasteiger partial charge in [-0.2, -0.15) is 0 Å². The van der Waals surface area contributed by atoms with Gasteiger partial charge in [0.1, 0.15) is 11.3 Å². The Labute approximate surface area is 128 Å². The van der Waals surface area contributed by atoms with Crippen LogP contribution in [-0.4, -0.2) is 28.6 Å². The predicted molar refractivity (Wildman–Crippen MR) is 85.2 cm³/mol. The Kier molecular flexibility index (Phi) is 4.91. The van der Waals surface area contributed by atoms with E-state index in [0.29, 0.717) is 17.6 Å². The molecule has 0 saturated heterocycles. The van der Waals surface area contributed by atoms with Crippen LogP contribution in [0.1, 0.15) is 25.0 Å². The number of halogens is 1. The van der Waals surface area contributed by atoms with Gasteiger partial charge in [0.05, 0.1) is 5.50 Å². The topological polar surface area (TPSA) is 53.7 Å². The maximum atomic E-state index is 11.6. The first-order valence-electron chi connectivity index (χ1n) is 7.11. The van der Waals surface area contributed by atoms with E-state index < -0.39 is 5.63 Å². The maximum Gasteiger partial charge on any atom is 0.336 e. The smallest absolute Gasteiger partial charge is 0.336 e. The molecule has 114 valence electrons. The Hall–Kier alpha value is -1.52. The van der Waals surface area contributed by atoms with Crippen molar-refractivity contribution in [2.75, 3.05) is 13.1 Å². The van der Waals surface area contributed by atoms with E-state index >= 15 is 0 Å². The number of nitrogens with zero attached hydrogens (tertiary/aromatic N) is 1. The number of benzene rings is 1. The molecule has 0 aliphatic carbocycles. The number of fused-ring (bicyclic) bond motifs is 1. The molecule has 2 aromatic rings. The summed E-state index contributed by atoms with van der Waals surface area (Å²) in [6.07, 6.45) is 0.415. The summed E-state index contributed by atoms with van der Waals surface area (Å²) in [6.45, 7) is 7.55. The largest absolute Gasteiger partial charge is 0.508 e. The summed E-state index contributed by atoms with van der Waals surface area (Å²) >= 11 is 6.43. The molecule has 4 nitrogen and oxygen atoms in total. The summed E-state index contributed by atoms with van der Waals surface area (Å²) < 4.78 is 5.31. The lowest BCUT2D eigenvalue weighted by atomic mass is 10.0. The van der Waals surface area contributed by atoms with Crippen LogP contribution in [-0.2, 0) is 6.42 Å². The van der Waals surface area contributed by atoms with Crippen LogP contribution in [0.25, 0.3) is 11.0 Å². The summed E-state index contributed by atoms with van der Waals surface area (Å²) in [4.78, 5) is 13.7. The van der Waals surface area contributed by atoms with Gasteiger partial charge in [-0.05, 0) is 37.7 Å². The summed E-state index contributed by atoms with van der Waals surface area (Å²) in [7, 11) is 0. The molecule has 21 heavy (non-hydrogen) atoms. The number of alkyl halides is 1. The average Bonchev–Trinajstić information content (AvgIpc) is 2.43. The third-order valence-corrected chi connectivity index (χ3v) is 4.21. The van der Waals surface area contributed by atoms with Gasteiger partial charge < -0.3 is 9.52 Å². The molecule has 0 aliphatic rings. The van der Waals surface area contributed by atoms with Gasteiger partial charge in [-0.25, -0.2) is 4.79 Å². The number of phenols is 1. The Morgan fingerprint density at radius 3 is 2.62 bits per heavy atom. The molecule has 1 unspecified atom stereocenters. The first-order valence-corrected chi connectivity index (χ1v) is 7.55. The molecule has 5 heteroatoms. The number of hydrogen-bond donors (Lipinski definition) is 1. The normalized spacial score (nSPS) is 13.0. The lowest BCUT2D eigenvalue weighted by molar-refractivity contribution is 0.276. The maximum absolute atomic E-state index is 11.6. The fourth-order valence-electron chi connectivity index (χ4n) is 2.54. The minimum atomic E-state index is -0.416. The number of hydrogen-bond acceptors (Lipinski definition) is 4. The zero-order valence-electron chi connectivity index (χ0n) is 12.5. The second kappa shape index (κ2) is 6.50. The standard InChI is InChI=1S/C16H20ClNO3/c1-4-18(5-2)14(17)9-12-13(19)7-6-11-10(3)8-15(20)21-16(11)12/h6-8,14,19H,4-5,9H2,1-3H3. The number of aryl methyl sites for hydroxylation is 1. The number of likely N-dealkylation sites (N-methyl/N-ethyl adjacent to an activating group) is 1. The summed E-state index contributed by atoms with van der Waals surface area (Å²) in [5.41, 5.74) is 1.16. The molecule has 1 aromatic heterocycles. The van der Waals surface area contributed by atoms with Gasteiger partial charge in [0.2, 0.25) is 0 Å². The highest BCUT2D eigenvalue weighted by atomic mass is 35.5. The third kappa shape index (κ3) is 3.22. The van der Waals surface area contributed by atoms with Crippen molar-refractivity contribution in [3.8, 4) is 5.75 Å². The van der Waals surface area contributed by atoms with Gasteiger partial charge in [-0.15, -0.1) is 11.6 Å². The Morgan fingerprint density at radius 1 is 1.33 bits per heavy atom. The molecular formula is C16H20ClNO3.